The van der Waals surface area contributed by atoms with Crippen molar-refractivity contribution < 1.29 is 4.92 Å². The molecule has 17 heavy (non-hydrogen) atoms. The molecule has 0 fully saturated rings. The maximum atomic E-state index is 10.8. The van der Waals surface area contributed by atoms with E-state index in [0.29, 0.717) is 5.02 Å². The standard InChI is InChI=1S/C11H14ClNO2S2/c1-3-16-11(17-4-2)8-5-9(12)7-10(6-8)13(14)15/h5-7,11H,3-4H2,1-2H3. The van der Waals surface area contributed by atoms with Gasteiger partial charge in [-0.2, -0.15) is 0 Å². The minimum atomic E-state index is -0.403. The van der Waals surface area contributed by atoms with Gasteiger partial charge >= 0.3 is 0 Å². The summed E-state index contributed by atoms with van der Waals surface area (Å²) in [5.74, 6) is 1.94. The number of nitrogens with zero attached hydrogens (tertiary/aromatic N) is 1. The molecule has 1 aromatic carbocycles. The Bertz CT molecular complexity index is 395. The fraction of sp³-hybridized carbons (Fsp3) is 0.455. The zero-order chi connectivity index (χ0) is 12.8. The molecule has 0 aromatic heterocycles. The second-order valence-electron chi connectivity index (χ2n) is 3.24. The molecule has 1 aromatic rings. The fourth-order valence-electron chi connectivity index (χ4n) is 1.38. The van der Waals surface area contributed by atoms with E-state index in [1.54, 1.807) is 29.6 Å². The van der Waals surface area contributed by atoms with Gasteiger partial charge in [0.05, 0.1) is 9.51 Å². The Morgan fingerprint density at radius 2 is 1.88 bits per heavy atom. The largest absolute Gasteiger partial charge is 0.271 e. The number of hydrogen-bond donors (Lipinski definition) is 0. The first-order valence-corrected chi connectivity index (χ1v) is 7.74. The molecule has 6 heteroatoms. The molecular formula is C11H14ClNO2S2. The average molecular weight is 292 g/mol. The SMILES string of the molecule is CCSC(SCC)c1cc(Cl)cc([N+](=O)[O-])c1. The monoisotopic (exact) mass is 291 g/mol. The minimum Gasteiger partial charge on any atom is -0.258 e. The van der Waals surface area contributed by atoms with Gasteiger partial charge in [0.2, 0.25) is 0 Å². The Morgan fingerprint density at radius 3 is 2.35 bits per heavy atom. The zero-order valence-corrected chi connectivity index (χ0v) is 12.1. The Labute approximate surface area is 114 Å². The molecule has 0 N–H and O–H groups in total. The zero-order valence-electron chi connectivity index (χ0n) is 9.68. The number of halogens is 1. The van der Waals surface area contributed by atoms with E-state index in [9.17, 15) is 10.1 Å². The van der Waals surface area contributed by atoms with E-state index in [2.05, 4.69) is 13.8 Å². The van der Waals surface area contributed by atoms with Gasteiger partial charge in [0.15, 0.2) is 0 Å². The highest BCUT2D eigenvalue weighted by molar-refractivity contribution is 8.16. The smallest absolute Gasteiger partial charge is 0.258 e. The lowest BCUT2D eigenvalue weighted by molar-refractivity contribution is -0.384. The summed E-state index contributed by atoms with van der Waals surface area (Å²) >= 11 is 9.45. The third-order valence-electron chi connectivity index (χ3n) is 2.02. The first-order chi connectivity index (χ1) is 8.08. The van der Waals surface area contributed by atoms with E-state index in [-0.39, 0.29) is 10.3 Å². The van der Waals surface area contributed by atoms with E-state index in [4.69, 9.17) is 11.6 Å². The molecule has 0 atom stereocenters. The number of benzene rings is 1. The van der Waals surface area contributed by atoms with Crippen molar-refractivity contribution in [3.05, 3.63) is 38.9 Å². The summed E-state index contributed by atoms with van der Waals surface area (Å²) in [6.45, 7) is 4.15. The predicted octanol–water partition coefficient (Wildman–Crippen LogP) is 4.75. The fourth-order valence-corrected chi connectivity index (χ4v) is 4.08. The van der Waals surface area contributed by atoms with Crippen molar-refractivity contribution in [3.8, 4) is 0 Å². The van der Waals surface area contributed by atoms with Gasteiger partial charge in [-0.1, -0.05) is 25.4 Å². The van der Waals surface area contributed by atoms with Crippen LogP contribution in [0.15, 0.2) is 18.2 Å². The lowest BCUT2D eigenvalue weighted by atomic mass is 10.2. The quantitative estimate of drug-likeness (QED) is 0.431. The van der Waals surface area contributed by atoms with Crippen LogP contribution in [0.3, 0.4) is 0 Å². The van der Waals surface area contributed by atoms with Crippen LogP contribution < -0.4 is 0 Å². The highest BCUT2D eigenvalue weighted by atomic mass is 35.5. The number of nitro groups is 1. The van der Waals surface area contributed by atoms with Gasteiger partial charge in [-0.15, -0.1) is 23.5 Å². The third kappa shape index (κ3) is 4.41. The van der Waals surface area contributed by atoms with Gasteiger partial charge in [0.25, 0.3) is 5.69 Å². The molecule has 0 saturated carbocycles. The highest BCUT2D eigenvalue weighted by Crippen LogP contribution is 2.41. The van der Waals surface area contributed by atoms with E-state index in [1.807, 2.05) is 6.07 Å². The molecule has 3 nitrogen and oxygen atoms in total. The summed E-state index contributed by atoms with van der Waals surface area (Å²) in [4.78, 5) is 10.4. The van der Waals surface area contributed by atoms with Crippen LogP contribution in [0.25, 0.3) is 0 Å². The van der Waals surface area contributed by atoms with Crippen molar-refractivity contribution >= 4 is 40.8 Å². The summed E-state index contributed by atoms with van der Waals surface area (Å²) in [5, 5.41) is 11.2. The molecule has 0 aliphatic rings. The summed E-state index contributed by atoms with van der Waals surface area (Å²) in [6.07, 6.45) is 0. The molecule has 0 spiro atoms. The number of non-ortho nitro benzene ring substituents is 1. The van der Waals surface area contributed by atoms with Gasteiger partial charge in [0, 0.05) is 17.2 Å². The van der Waals surface area contributed by atoms with Gasteiger partial charge in [-0.05, 0) is 23.1 Å². The minimum absolute atomic E-state index is 0.0610. The van der Waals surface area contributed by atoms with Crippen molar-refractivity contribution in [2.75, 3.05) is 11.5 Å². The van der Waals surface area contributed by atoms with Gasteiger partial charge in [0.1, 0.15) is 0 Å². The Morgan fingerprint density at radius 1 is 1.29 bits per heavy atom. The molecule has 0 amide bonds. The number of thioether (sulfide) groups is 2. The molecule has 0 unspecified atom stereocenters. The summed E-state index contributed by atoms with van der Waals surface area (Å²) in [7, 11) is 0. The first kappa shape index (κ1) is 14.7. The molecule has 0 aliphatic carbocycles. The third-order valence-corrected chi connectivity index (χ3v) is 4.88. The molecule has 0 bridgehead atoms. The van der Waals surface area contributed by atoms with Crippen molar-refractivity contribution in [1.82, 2.24) is 0 Å². The summed E-state index contributed by atoms with van der Waals surface area (Å²) in [5.41, 5.74) is 0.980. The first-order valence-electron chi connectivity index (χ1n) is 5.26. The van der Waals surface area contributed by atoms with Crippen molar-refractivity contribution in [3.63, 3.8) is 0 Å². The molecule has 0 saturated heterocycles. The second kappa shape index (κ2) is 7.13. The molecule has 1 rings (SSSR count). The van der Waals surface area contributed by atoms with Crippen LogP contribution in [-0.4, -0.2) is 16.4 Å². The molecular weight excluding hydrogens is 278 g/mol. The van der Waals surface area contributed by atoms with Gasteiger partial charge < -0.3 is 0 Å². The maximum Gasteiger partial charge on any atom is 0.271 e. The molecule has 0 heterocycles. The van der Waals surface area contributed by atoms with Crippen LogP contribution in [0.1, 0.15) is 24.0 Å². The lowest BCUT2D eigenvalue weighted by Gasteiger charge is -2.15. The predicted molar refractivity (Wildman–Crippen MR) is 77.1 cm³/mol. The van der Waals surface area contributed by atoms with Crippen molar-refractivity contribution in [2.45, 2.75) is 18.4 Å². The van der Waals surface area contributed by atoms with E-state index in [1.165, 1.54) is 6.07 Å². The van der Waals surface area contributed by atoms with Crippen LogP contribution in [0.4, 0.5) is 5.69 Å². The Balaban J connectivity index is 3.04. The average Bonchev–Trinajstić information content (AvgIpc) is 2.28. The Kier molecular flexibility index (Phi) is 6.16. The van der Waals surface area contributed by atoms with Crippen LogP contribution in [-0.2, 0) is 0 Å². The second-order valence-corrected chi connectivity index (χ2v) is 6.74. The van der Waals surface area contributed by atoms with Crippen molar-refractivity contribution in [1.29, 1.82) is 0 Å². The highest BCUT2D eigenvalue weighted by Gasteiger charge is 2.16. The number of hydrogen-bond acceptors (Lipinski definition) is 4. The number of nitro benzene ring substituents is 1. The van der Waals surface area contributed by atoms with Crippen LogP contribution in [0, 0.1) is 10.1 Å². The Hall–Kier alpha value is -0.390. The number of rotatable bonds is 6. The summed E-state index contributed by atoms with van der Waals surface area (Å²) < 4.78 is 0.211. The van der Waals surface area contributed by atoms with Crippen LogP contribution in [0.5, 0.6) is 0 Å². The molecule has 0 radical (unpaired) electrons. The summed E-state index contributed by atoms with van der Waals surface area (Å²) in [6, 6.07) is 4.81. The normalized spacial score (nSPS) is 10.8. The topological polar surface area (TPSA) is 43.1 Å². The van der Waals surface area contributed by atoms with E-state index >= 15 is 0 Å². The van der Waals surface area contributed by atoms with E-state index in [0.717, 1.165) is 17.1 Å². The maximum absolute atomic E-state index is 10.8. The molecule has 0 aliphatic heterocycles. The lowest BCUT2D eigenvalue weighted by Crippen LogP contribution is -1.94. The van der Waals surface area contributed by atoms with Crippen LogP contribution >= 0.6 is 35.1 Å². The van der Waals surface area contributed by atoms with Gasteiger partial charge in [-0.3, -0.25) is 10.1 Å². The van der Waals surface area contributed by atoms with Crippen LogP contribution in [0.2, 0.25) is 5.02 Å². The van der Waals surface area contributed by atoms with Crippen molar-refractivity contribution in [2.24, 2.45) is 0 Å². The van der Waals surface area contributed by atoms with Gasteiger partial charge in [-0.25, -0.2) is 0 Å². The van der Waals surface area contributed by atoms with E-state index < -0.39 is 4.92 Å². The molecule has 94 valence electrons.